The van der Waals surface area contributed by atoms with Gasteiger partial charge < -0.3 is 11.1 Å². The number of nitrogens with two attached hydrogens (primary N) is 1. The van der Waals surface area contributed by atoms with E-state index in [2.05, 4.69) is 9.69 Å². The summed E-state index contributed by atoms with van der Waals surface area (Å²) in [6, 6.07) is 6.55. The molecule has 1 unspecified atom stereocenters. The molecule has 0 aliphatic heterocycles. The van der Waals surface area contributed by atoms with Crippen LogP contribution in [0, 0.1) is 12.7 Å². The molecular weight excluding hydrogens is 237 g/mol. The third kappa shape index (κ3) is 2.55. The molecule has 1 aromatic carbocycles. The molecule has 0 amide bonds. The molecule has 5 heteroatoms. The van der Waals surface area contributed by atoms with Crippen LogP contribution in [-0.2, 0) is 0 Å². The molecule has 3 N–H and O–H groups in total. The lowest BCUT2D eigenvalue weighted by molar-refractivity contribution is 0.626. The Kier molecular flexibility index (Phi) is 3.28. The highest BCUT2D eigenvalue weighted by atomic mass is 32.1. The summed E-state index contributed by atoms with van der Waals surface area (Å²) in [5, 5.41) is 4.28. The molecule has 17 heavy (non-hydrogen) atoms. The third-order valence-corrected chi connectivity index (χ3v) is 3.57. The molecule has 1 atom stereocenters. The highest BCUT2D eigenvalue weighted by molar-refractivity contribution is 7.10. The number of nitrogens with one attached hydrogen (secondary N) is 1. The first kappa shape index (κ1) is 11.9. The Morgan fingerprint density at radius 1 is 1.35 bits per heavy atom. The zero-order chi connectivity index (χ0) is 12.4. The summed E-state index contributed by atoms with van der Waals surface area (Å²) in [5.41, 5.74) is 7.67. The molecule has 90 valence electrons. The van der Waals surface area contributed by atoms with E-state index in [0.29, 0.717) is 5.82 Å². The summed E-state index contributed by atoms with van der Waals surface area (Å²) < 4.78 is 16.9. The Hall–Kier alpha value is -1.62. The van der Waals surface area contributed by atoms with Crippen molar-refractivity contribution in [1.82, 2.24) is 4.37 Å². The van der Waals surface area contributed by atoms with E-state index in [4.69, 9.17) is 5.73 Å². The number of hydrogen-bond acceptors (Lipinski definition) is 4. The number of aromatic nitrogens is 1. The van der Waals surface area contributed by atoms with Crippen LogP contribution >= 0.6 is 11.5 Å². The molecule has 0 radical (unpaired) electrons. The minimum atomic E-state index is -0.223. The van der Waals surface area contributed by atoms with Gasteiger partial charge in [-0.15, -0.1) is 0 Å². The molecule has 0 saturated heterocycles. The van der Waals surface area contributed by atoms with E-state index in [1.165, 1.54) is 23.7 Å². The standard InChI is InChI=1S/C12H14FN3S/c1-7-11(14)16-17-12(7)15-8(2)9-3-5-10(13)6-4-9/h3-6,8,15H,1-2H3,(H2,14,16). The average molecular weight is 251 g/mol. The van der Waals surface area contributed by atoms with E-state index >= 15 is 0 Å². The van der Waals surface area contributed by atoms with E-state index in [0.717, 1.165) is 16.1 Å². The Morgan fingerprint density at radius 3 is 2.53 bits per heavy atom. The summed E-state index contributed by atoms with van der Waals surface area (Å²) in [6.07, 6.45) is 0. The predicted octanol–water partition coefficient (Wildman–Crippen LogP) is 3.35. The molecule has 0 aliphatic rings. The molecule has 2 rings (SSSR count). The number of benzene rings is 1. The van der Waals surface area contributed by atoms with Crippen molar-refractivity contribution < 1.29 is 4.39 Å². The number of nitrogen functional groups attached to an aromatic ring is 1. The van der Waals surface area contributed by atoms with Crippen LogP contribution in [0.3, 0.4) is 0 Å². The normalized spacial score (nSPS) is 12.4. The average Bonchev–Trinajstić information content (AvgIpc) is 2.62. The number of nitrogens with zero attached hydrogens (tertiary/aromatic N) is 1. The first-order valence-electron chi connectivity index (χ1n) is 5.31. The summed E-state index contributed by atoms with van der Waals surface area (Å²) in [7, 11) is 0. The zero-order valence-corrected chi connectivity index (χ0v) is 10.5. The number of anilines is 2. The van der Waals surface area contributed by atoms with Gasteiger partial charge in [0, 0.05) is 11.6 Å². The number of halogens is 1. The van der Waals surface area contributed by atoms with Gasteiger partial charge in [-0.2, -0.15) is 4.37 Å². The van der Waals surface area contributed by atoms with Crippen molar-refractivity contribution in [1.29, 1.82) is 0 Å². The maximum absolute atomic E-state index is 12.8. The smallest absolute Gasteiger partial charge is 0.142 e. The molecule has 1 heterocycles. The maximum Gasteiger partial charge on any atom is 0.142 e. The predicted molar refractivity (Wildman–Crippen MR) is 69.7 cm³/mol. The molecule has 1 aromatic heterocycles. The van der Waals surface area contributed by atoms with Crippen molar-refractivity contribution in [2.45, 2.75) is 19.9 Å². The van der Waals surface area contributed by atoms with Crippen LogP contribution in [0.5, 0.6) is 0 Å². The van der Waals surface area contributed by atoms with Gasteiger partial charge in [0.2, 0.25) is 0 Å². The van der Waals surface area contributed by atoms with Crippen LogP contribution in [0.2, 0.25) is 0 Å². The lowest BCUT2D eigenvalue weighted by Gasteiger charge is -2.14. The molecule has 3 nitrogen and oxygen atoms in total. The van der Waals surface area contributed by atoms with Crippen LogP contribution < -0.4 is 11.1 Å². The summed E-state index contributed by atoms with van der Waals surface area (Å²) >= 11 is 1.34. The van der Waals surface area contributed by atoms with Crippen molar-refractivity contribution in [3.63, 3.8) is 0 Å². The SMILES string of the molecule is Cc1c(N)nsc1NC(C)c1ccc(F)cc1. The molecule has 2 aromatic rings. The van der Waals surface area contributed by atoms with Gasteiger partial charge >= 0.3 is 0 Å². The van der Waals surface area contributed by atoms with Gasteiger partial charge in [0.05, 0.1) is 0 Å². The fourth-order valence-electron chi connectivity index (χ4n) is 1.51. The van der Waals surface area contributed by atoms with Crippen LogP contribution in [-0.4, -0.2) is 4.37 Å². The van der Waals surface area contributed by atoms with Gasteiger partial charge in [-0.25, -0.2) is 4.39 Å². The van der Waals surface area contributed by atoms with E-state index in [9.17, 15) is 4.39 Å². The molecule has 0 aliphatic carbocycles. The third-order valence-electron chi connectivity index (χ3n) is 2.68. The van der Waals surface area contributed by atoms with E-state index < -0.39 is 0 Å². The van der Waals surface area contributed by atoms with E-state index in [-0.39, 0.29) is 11.9 Å². The minimum absolute atomic E-state index is 0.0918. The minimum Gasteiger partial charge on any atom is -0.383 e. The Bertz CT molecular complexity index is 507. The molecule has 0 spiro atoms. The van der Waals surface area contributed by atoms with Crippen LogP contribution in [0.4, 0.5) is 15.2 Å². The first-order chi connectivity index (χ1) is 8.08. The Labute approximate surface area is 104 Å². The number of hydrogen-bond donors (Lipinski definition) is 2. The lowest BCUT2D eigenvalue weighted by atomic mass is 10.1. The van der Waals surface area contributed by atoms with E-state index in [1.54, 1.807) is 12.1 Å². The fourth-order valence-corrected chi connectivity index (χ4v) is 2.31. The second-order valence-electron chi connectivity index (χ2n) is 3.94. The van der Waals surface area contributed by atoms with Crippen molar-refractivity contribution in [2.24, 2.45) is 0 Å². The van der Waals surface area contributed by atoms with Gasteiger partial charge in [-0.3, -0.25) is 0 Å². The maximum atomic E-state index is 12.8. The van der Waals surface area contributed by atoms with Crippen LogP contribution in [0.1, 0.15) is 24.1 Å². The highest BCUT2D eigenvalue weighted by Gasteiger charge is 2.11. The molecule has 0 saturated carbocycles. The van der Waals surface area contributed by atoms with Crippen molar-refractivity contribution >= 4 is 22.4 Å². The van der Waals surface area contributed by atoms with Gasteiger partial charge in [0.1, 0.15) is 16.6 Å². The van der Waals surface area contributed by atoms with Crippen LogP contribution in [0.25, 0.3) is 0 Å². The van der Waals surface area contributed by atoms with Gasteiger partial charge in [0.15, 0.2) is 0 Å². The summed E-state index contributed by atoms with van der Waals surface area (Å²) in [5.74, 6) is 0.336. The van der Waals surface area contributed by atoms with Crippen molar-refractivity contribution in [2.75, 3.05) is 11.1 Å². The Balaban J connectivity index is 2.14. The summed E-state index contributed by atoms with van der Waals surface area (Å²) in [4.78, 5) is 0. The van der Waals surface area contributed by atoms with Gasteiger partial charge in [-0.05, 0) is 43.1 Å². The molecular formula is C12H14FN3S. The zero-order valence-electron chi connectivity index (χ0n) is 9.70. The quantitative estimate of drug-likeness (QED) is 0.879. The van der Waals surface area contributed by atoms with Crippen molar-refractivity contribution in [3.8, 4) is 0 Å². The second kappa shape index (κ2) is 4.71. The second-order valence-corrected chi connectivity index (χ2v) is 4.71. The number of rotatable bonds is 3. The largest absolute Gasteiger partial charge is 0.383 e. The van der Waals surface area contributed by atoms with Gasteiger partial charge in [0.25, 0.3) is 0 Å². The van der Waals surface area contributed by atoms with Crippen LogP contribution in [0.15, 0.2) is 24.3 Å². The molecule has 0 bridgehead atoms. The van der Waals surface area contributed by atoms with Crippen molar-refractivity contribution in [3.05, 3.63) is 41.2 Å². The van der Waals surface area contributed by atoms with Gasteiger partial charge in [-0.1, -0.05) is 12.1 Å². The highest BCUT2D eigenvalue weighted by Crippen LogP contribution is 2.29. The first-order valence-corrected chi connectivity index (χ1v) is 6.09. The molecule has 0 fully saturated rings. The monoisotopic (exact) mass is 251 g/mol. The fraction of sp³-hybridized carbons (Fsp3) is 0.250. The summed E-state index contributed by atoms with van der Waals surface area (Å²) in [6.45, 7) is 3.95. The Morgan fingerprint density at radius 2 is 2.00 bits per heavy atom. The topological polar surface area (TPSA) is 50.9 Å². The van der Waals surface area contributed by atoms with E-state index in [1.807, 2.05) is 13.8 Å². The lowest BCUT2D eigenvalue weighted by Crippen LogP contribution is -2.06.